The summed E-state index contributed by atoms with van der Waals surface area (Å²) in [6, 6.07) is 9.64. The molecule has 0 fully saturated rings. The molecule has 1 aromatic heterocycles. The summed E-state index contributed by atoms with van der Waals surface area (Å²) < 4.78 is 5.51. The monoisotopic (exact) mass is 227 g/mol. The molecule has 17 heavy (non-hydrogen) atoms. The van der Waals surface area contributed by atoms with Crippen molar-refractivity contribution in [1.82, 2.24) is 15.5 Å². The van der Waals surface area contributed by atoms with Crippen LogP contribution in [0.5, 0.6) is 0 Å². The highest BCUT2D eigenvalue weighted by Gasteiger charge is 2.08. The number of terminal acetylenes is 1. The predicted molar refractivity (Wildman–Crippen MR) is 64.9 cm³/mol. The lowest BCUT2D eigenvalue weighted by Crippen LogP contribution is -2.23. The van der Waals surface area contributed by atoms with E-state index in [1.54, 1.807) is 0 Å². The summed E-state index contributed by atoms with van der Waals surface area (Å²) in [6.07, 6.45) is 5.25. The molecule has 0 radical (unpaired) electrons. The van der Waals surface area contributed by atoms with E-state index in [4.69, 9.17) is 10.8 Å². The zero-order valence-electron chi connectivity index (χ0n) is 9.55. The summed E-state index contributed by atoms with van der Waals surface area (Å²) in [5, 5.41) is 11.0. The van der Waals surface area contributed by atoms with Crippen LogP contribution in [0, 0.1) is 12.3 Å². The first kappa shape index (κ1) is 11.4. The van der Waals surface area contributed by atoms with Crippen molar-refractivity contribution in [2.24, 2.45) is 0 Å². The number of benzene rings is 1. The number of nitrogens with zero attached hydrogens (tertiary/aromatic N) is 2. The maximum atomic E-state index is 5.51. The summed E-state index contributed by atoms with van der Waals surface area (Å²) in [6.45, 7) is 2.37. The Hall–Kier alpha value is -2.12. The van der Waals surface area contributed by atoms with Gasteiger partial charge in [0.1, 0.15) is 0 Å². The van der Waals surface area contributed by atoms with Gasteiger partial charge in [0.25, 0.3) is 0 Å². The van der Waals surface area contributed by atoms with Crippen LogP contribution in [0.2, 0.25) is 0 Å². The van der Waals surface area contributed by atoms with Crippen LogP contribution in [-0.4, -0.2) is 16.2 Å². The Morgan fingerprint density at radius 3 is 2.82 bits per heavy atom. The zero-order chi connectivity index (χ0) is 12.1. The third-order valence-corrected chi connectivity index (χ3v) is 2.30. The molecule has 0 saturated carbocycles. The van der Waals surface area contributed by atoms with Gasteiger partial charge in [-0.1, -0.05) is 24.1 Å². The normalized spacial score (nSPS) is 12.0. The minimum absolute atomic E-state index is 0.0120. The van der Waals surface area contributed by atoms with Gasteiger partial charge in [-0.25, -0.2) is 0 Å². The van der Waals surface area contributed by atoms with Gasteiger partial charge in [0, 0.05) is 5.56 Å². The highest BCUT2D eigenvalue weighted by molar-refractivity contribution is 5.51. The van der Waals surface area contributed by atoms with Gasteiger partial charge in [0.05, 0.1) is 12.6 Å². The lowest BCUT2D eigenvalue weighted by molar-refractivity contribution is 0.471. The molecule has 1 atom stereocenters. The molecule has 1 unspecified atom stereocenters. The van der Waals surface area contributed by atoms with Crippen LogP contribution in [0.25, 0.3) is 11.5 Å². The highest BCUT2D eigenvalue weighted by atomic mass is 16.4. The largest absolute Gasteiger partial charge is 0.419 e. The summed E-state index contributed by atoms with van der Waals surface area (Å²) in [5.41, 5.74) is 0.913. The standard InChI is InChI=1S/C13H13N3O/c1-3-10(2)14-9-12-15-16-13(17-12)11-7-5-4-6-8-11/h1,4-8,10,14H,9H2,2H3. The molecular weight excluding hydrogens is 214 g/mol. The molecule has 0 aliphatic carbocycles. The molecule has 0 bridgehead atoms. The molecule has 0 spiro atoms. The molecule has 1 aromatic carbocycles. The van der Waals surface area contributed by atoms with E-state index in [-0.39, 0.29) is 6.04 Å². The second kappa shape index (κ2) is 5.28. The van der Waals surface area contributed by atoms with Gasteiger partial charge >= 0.3 is 0 Å². The minimum Gasteiger partial charge on any atom is -0.419 e. The topological polar surface area (TPSA) is 51.0 Å². The van der Waals surface area contributed by atoms with Crippen molar-refractivity contribution in [2.45, 2.75) is 19.5 Å². The molecular formula is C13H13N3O. The molecule has 4 nitrogen and oxygen atoms in total. The zero-order valence-corrected chi connectivity index (χ0v) is 9.55. The fourth-order valence-corrected chi connectivity index (χ4v) is 1.32. The molecule has 1 heterocycles. The summed E-state index contributed by atoms with van der Waals surface area (Å²) in [7, 11) is 0. The Kier molecular flexibility index (Phi) is 3.53. The van der Waals surface area contributed by atoms with E-state index in [1.807, 2.05) is 37.3 Å². The fourth-order valence-electron chi connectivity index (χ4n) is 1.32. The first-order valence-electron chi connectivity index (χ1n) is 5.37. The molecule has 2 rings (SSSR count). The van der Waals surface area contributed by atoms with Gasteiger partial charge < -0.3 is 4.42 Å². The van der Waals surface area contributed by atoms with Crippen LogP contribution in [0.15, 0.2) is 34.7 Å². The molecule has 86 valence electrons. The van der Waals surface area contributed by atoms with Crippen LogP contribution in [0.3, 0.4) is 0 Å². The van der Waals surface area contributed by atoms with Crippen LogP contribution < -0.4 is 5.32 Å². The SMILES string of the molecule is C#CC(C)NCc1nnc(-c2ccccc2)o1. The Balaban J connectivity index is 2.05. The van der Waals surface area contributed by atoms with Crippen LogP contribution in [-0.2, 0) is 6.54 Å². The summed E-state index contributed by atoms with van der Waals surface area (Å²) >= 11 is 0. The van der Waals surface area contributed by atoms with Crippen LogP contribution >= 0.6 is 0 Å². The van der Waals surface area contributed by atoms with E-state index in [1.165, 1.54) is 0 Å². The first-order chi connectivity index (χ1) is 8.29. The summed E-state index contributed by atoms with van der Waals surface area (Å²) in [4.78, 5) is 0. The van der Waals surface area contributed by atoms with Gasteiger partial charge in [0.2, 0.25) is 11.8 Å². The second-order valence-corrected chi connectivity index (χ2v) is 3.64. The van der Waals surface area contributed by atoms with E-state index in [0.717, 1.165) is 5.56 Å². The van der Waals surface area contributed by atoms with Crippen molar-refractivity contribution < 1.29 is 4.42 Å². The quantitative estimate of drug-likeness (QED) is 0.810. The second-order valence-electron chi connectivity index (χ2n) is 3.64. The third-order valence-electron chi connectivity index (χ3n) is 2.30. The molecule has 4 heteroatoms. The van der Waals surface area contributed by atoms with Crippen molar-refractivity contribution in [1.29, 1.82) is 0 Å². The Morgan fingerprint density at radius 2 is 2.12 bits per heavy atom. The van der Waals surface area contributed by atoms with Crippen LogP contribution in [0.1, 0.15) is 12.8 Å². The van der Waals surface area contributed by atoms with Gasteiger partial charge in [-0.3, -0.25) is 5.32 Å². The van der Waals surface area contributed by atoms with E-state index in [2.05, 4.69) is 21.4 Å². The average Bonchev–Trinajstić information content (AvgIpc) is 2.86. The van der Waals surface area contributed by atoms with Crippen LogP contribution in [0.4, 0.5) is 0 Å². The molecule has 0 aliphatic heterocycles. The first-order valence-corrected chi connectivity index (χ1v) is 5.37. The van der Waals surface area contributed by atoms with Crippen molar-refractivity contribution in [3.8, 4) is 23.8 Å². The molecule has 0 aliphatic rings. The van der Waals surface area contributed by atoms with E-state index >= 15 is 0 Å². The van der Waals surface area contributed by atoms with Crippen molar-refractivity contribution in [3.05, 3.63) is 36.2 Å². The fraction of sp³-hybridized carbons (Fsp3) is 0.231. The smallest absolute Gasteiger partial charge is 0.247 e. The Labute approximate surface area is 100 Å². The minimum atomic E-state index is -0.0120. The average molecular weight is 227 g/mol. The van der Waals surface area contributed by atoms with E-state index in [9.17, 15) is 0 Å². The predicted octanol–water partition coefficient (Wildman–Crippen LogP) is 1.85. The van der Waals surface area contributed by atoms with Crippen molar-refractivity contribution >= 4 is 0 Å². The van der Waals surface area contributed by atoms with E-state index < -0.39 is 0 Å². The lowest BCUT2D eigenvalue weighted by atomic mass is 10.2. The third kappa shape index (κ3) is 2.92. The van der Waals surface area contributed by atoms with Crippen molar-refractivity contribution in [2.75, 3.05) is 0 Å². The number of aromatic nitrogens is 2. The Bertz CT molecular complexity index is 513. The molecule has 2 aromatic rings. The lowest BCUT2D eigenvalue weighted by Gasteiger charge is -2.02. The molecule has 1 N–H and O–H groups in total. The van der Waals surface area contributed by atoms with Crippen molar-refractivity contribution in [3.63, 3.8) is 0 Å². The maximum absolute atomic E-state index is 5.51. The number of nitrogens with one attached hydrogen (secondary N) is 1. The molecule has 0 amide bonds. The van der Waals surface area contributed by atoms with E-state index in [0.29, 0.717) is 18.3 Å². The van der Waals surface area contributed by atoms with Gasteiger partial charge in [-0.15, -0.1) is 16.6 Å². The van der Waals surface area contributed by atoms with Gasteiger partial charge in [-0.2, -0.15) is 0 Å². The summed E-state index contributed by atoms with van der Waals surface area (Å²) in [5.74, 6) is 3.63. The maximum Gasteiger partial charge on any atom is 0.247 e. The van der Waals surface area contributed by atoms with Gasteiger partial charge in [-0.05, 0) is 19.1 Å². The number of hydrogen-bond donors (Lipinski definition) is 1. The number of rotatable bonds is 4. The number of hydrogen-bond acceptors (Lipinski definition) is 4. The van der Waals surface area contributed by atoms with Gasteiger partial charge in [0.15, 0.2) is 0 Å². The molecule has 0 saturated heterocycles. The Morgan fingerprint density at radius 1 is 1.35 bits per heavy atom. The highest BCUT2D eigenvalue weighted by Crippen LogP contribution is 2.16.